The van der Waals surface area contributed by atoms with Gasteiger partial charge in [0.25, 0.3) is 5.92 Å². The minimum absolute atomic E-state index is 0.148. The Kier molecular flexibility index (Phi) is 2.95. The molecule has 0 saturated carbocycles. The lowest BCUT2D eigenvalue weighted by molar-refractivity contribution is -0.133. The number of alkyl halides is 2. The van der Waals surface area contributed by atoms with Gasteiger partial charge in [-0.3, -0.25) is 4.90 Å². The molecule has 1 N–H and O–H groups in total. The number of hydrogen-bond donors (Lipinski definition) is 1. The molecular weight excluding hydrogens is 212 g/mol. The molecule has 1 aromatic rings. The predicted octanol–water partition coefficient (Wildman–Crippen LogP) is 2.19. The van der Waals surface area contributed by atoms with Crippen LogP contribution in [0.3, 0.4) is 0 Å². The maximum atomic E-state index is 12.6. The second-order valence-corrected chi connectivity index (χ2v) is 4.42. The van der Waals surface area contributed by atoms with Crippen molar-refractivity contribution in [2.45, 2.75) is 25.5 Å². The Hall–Kier alpha value is -1.00. The zero-order chi connectivity index (χ0) is 11.8. The normalized spacial score (nSPS) is 21.5. The molecule has 1 fully saturated rings. The molecule has 1 heterocycles. The van der Waals surface area contributed by atoms with Gasteiger partial charge >= 0.3 is 0 Å². The van der Waals surface area contributed by atoms with E-state index < -0.39 is 12.0 Å². The van der Waals surface area contributed by atoms with Gasteiger partial charge in [0.05, 0.1) is 19.2 Å². The SMILES string of the molecule is CC(O)c1ccc(CN2CC(F)(F)C2)cc1. The van der Waals surface area contributed by atoms with E-state index in [0.29, 0.717) is 6.54 Å². The Morgan fingerprint density at radius 1 is 1.31 bits per heavy atom. The van der Waals surface area contributed by atoms with E-state index in [0.717, 1.165) is 11.1 Å². The topological polar surface area (TPSA) is 23.5 Å². The van der Waals surface area contributed by atoms with Crippen LogP contribution in [0.15, 0.2) is 24.3 Å². The van der Waals surface area contributed by atoms with Crippen molar-refractivity contribution in [3.8, 4) is 0 Å². The number of rotatable bonds is 3. The van der Waals surface area contributed by atoms with E-state index in [2.05, 4.69) is 0 Å². The van der Waals surface area contributed by atoms with Crippen LogP contribution >= 0.6 is 0 Å². The van der Waals surface area contributed by atoms with Gasteiger partial charge in [-0.05, 0) is 18.1 Å². The smallest absolute Gasteiger partial charge is 0.272 e. The van der Waals surface area contributed by atoms with Crippen LogP contribution in [0, 0.1) is 0 Å². The third-order valence-corrected chi connectivity index (χ3v) is 2.78. The molecule has 0 aromatic heterocycles. The van der Waals surface area contributed by atoms with Crippen molar-refractivity contribution in [2.75, 3.05) is 13.1 Å². The molecule has 16 heavy (non-hydrogen) atoms. The van der Waals surface area contributed by atoms with Crippen LogP contribution in [0.5, 0.6) is 0 Å². The highest BCUT2D eigenvalue weighted by Crippen LogP contribution is 2.28. The molecule has 0 radical (unpaired) electrons. The number of likely N-dealkylation sites (tertiary alicyclic amines) is 1. The molecular formula is C12H15F2NO. The first kappa shape index (κ1) is 11.5. The zero-order valence-electron chi connectivity index (χ0n) is 9.16. The fraction of sp³-hybridized carbons (Fsp3) is 0.500. The van der Waals surface area contributed by atoms with E-state index in [9.17, 15) is 13.9 Å². The number of hydrogen-bond acceptors (Lipinski definition) is 2. The summed E-state index contributed by atoms with van der Waals surface area (Å²) >= 11 is 0. The Labute approximate surface area is 93.5 Å². The minimum Gasteiger partial charge on any atom is -0.389 e. The molecule has 0 bridgehead atoms. The van der Waals surface area contributed by atoms with Crippen molar-refractivity contribution in [2.24, 2.45) is 0 Å². The van der Waals surface area contributed by atoms with Crippen molar-refractivity contribution in [3.63, 3.8) is 0 Å². The van der Waals surface area contributed by atoms with Crippen LogP contribution in [-0.4, -0.2) is 29.0 Å². The van der Waals surface area contributed by atoms with Crippen LogP contribution in [0.2, 0.25) is 0 Å². The van der Waals surface area contributed by atoms with Gasteiger partial charge in [0.15, 0.2) is 0 Å². The van der Waals surface area contributed by atoms with E-state index in [1.807, 2.05) is 24.3 Å². The summed E-state index contributed by atoms with van der Waals surface area (Å²) in [6, 6.07) is 7.41. The van der Waals surface area contributed by atoms with Crippen molar-refractivity contribution in [1.29, 1.82) is 0 Å². The summed E-state index contributed by atoms with van der Waals surface area (Å²) in [5.41, 5.74) is 1.84. The maximum absolute atomic E-state index is 12.6. The summed E-state index contributed by atoms with van der Waals surface area (Å²) in [6.45, 7) is 1.96. The summed E-state index contributed by atoms with van der Waals surface area (Å²) in [5, 5.41) is 9.31. The molecule has 2 nitrogen and oxygen atoms in total. The number of aliphatic hydroxyl groups is 1. The quantitative estimate of drug-likeness (QED) is 0.855. The molecule has 1 aromatic carbocycles. The fourth-order valence-electron chi connectivity index (χ4n) is 1.88. The average molecular weight is 227 g/mol. The molecule has 2 rings (SSSR count). The lowest BCUT2D eigenvalue weighted by atomic mass is 10.1. The molecule has 0 aliphatic carbocycles. The maximum Gasteiger partial charge on any atom is 0.272 e. The van der Waals surface area contributed by atoms with E-state index in [-0.39, 0.29) is 13.1 Å². The highest BCUT2D eigenvalue weighted by Gasteiger charge is 2.43. The first-order chi connectivity index (χ1) is 7.46. The third kappa shape index (κ3) is 2.57. The summed E-state index contributed by atoms with van der Waals surface area (Å²) < 4.78 is 25.2. The standard InChI is InChI=1S/C12H15F2NO/c1-9(16)11-4-2-10(3-5-11)6-15-7-12(13,14)8-15/h2-5,9,16H,6-8H2,1H3. The summed E-state index contributed by atoms with van der Waals surface area (Å²) in [6.07, 6.45) is -0.484. The van der Waals surface area contributed by atoms with E-state index in [1.54, 1.807) is 11.8 Å². The van der Waals surface area contributed by atoms with Gasteiger partial charge in [0, 0.05) is 6.54 Å². The number of benzene rings is 1. The molecule has 0 spiro atoms. The molecule has 1 aliphatic rings. The highest BCUT2D eigenvalue weighted by molar-refractivity contribution is 5.24. The first-order valence-corrected chi connectivity index (χ1v) is 5.33. The Balaban J connectivity index is 1.91. The van der Waals surface area contributed by atoms with Crippen LogP contribution < -0.4 is 0 Å². The largest absolute Gasteiger partial charge is 0.389 e. The first-order valence-electron chi connectivity index (χ1n) is 5.33. The van der Waals surface area contributed by atoms with Crippen LogP contribution in [-0.2, 0) is 6.54 Å². The molecule has 1 unspecified atom stereocenters. The Morgan fingerprint density at radius 2 is 1.88 bits per heavy atom. The van der Waals surface area contributed by atoms with Crippen molar-refractivity contribution >= 4 is 0 Å². The van der Waals surface area contributed by atoms with E-state index in [4.69, 9.17) is 0 Å². The molecule has 88 valence electrons. The van der Waals surface area contributed by atoms with Crippen LogP contribution in [0.25, 0.3) is 0 Å². The Morgan fingerprint density at radius 3 is 2.31 bits per heavy atom. The van der Waals surface area contributed by atoms with Gasteiger partial charge in [0.1, 0.15) is 0 Å². The van der Waals surface area contributed by atoms with Gasteiger partial charge in [-0.15, -0.1) is 0 Å². The molecule has 1 saturated heterocycles. The van der Waals surface area contributed by atoms with Crippen molar-refractivity contribution in [3.05, 3.63) is 35.4 Å². The summed E-state index contributed by atoms with van der Waals surface area (Å²) in [4.78, 5) is 1.71. The van der Waals surface area contributed by atoms with Gasteiger partial charge in [0.2, 0.25) is 0 Å². The zero-order valence-corrected chi connectivity index (χ0v) is 9.16. The third-order valence-electron chi connectivity index (χ3n) is 2.78. The van der Waals surface area contributed by atoms with Crippen molar-refractivity contribution < 1.29 is 13.9 Å². The summed E-state index contributed by atoms with van der Waals surface area (Å²) in [5.74, 6) is -2.50. The van der Waals surface area contributed by atoms with E-state index in [1.165, 1.54) is 0 Å². The monoisotopic (exact) mass is 227 g/mol. The van der Waals surface area contributed by atoms with E-state index >= 15 is 0 Å². The lowest BCUT2D eigenvalue weighted by Gasteiger charge is -2.38. The van der Waals surface area contributed by atoms with Gasteiger partial charge in [-0.1, -0.05) is 24.3 Å². The van der Waals surface area contributed by atoms with Crippen LogP contribution in [0.4, 0.5) is 8.78 Å². The predicted molar refractivity (Wildman–Crippen MR) is 57.3 cm³/mol. The second-order valence-electron chi connectivity index (χ2n) is 4.42. The van der Waals surface area contributed by atoms with Gasteiger partial charge in [-0.2, -0.15) is 0 Å². The number of aliphatic hydroxyl groups excluding tert-OH is 1. The second kappa shape index (κ2) is 4.11. The lowest BCUT2D eigenvalue weighted by Crippen LogP contribution is -2.55. The average Bonchev–Trinajstić information content (AvgIpc) is 2.15. The number of nitrogens with zero attached hydrogens (tertiary/aromatic N) is 1. The van der Waals surface area contributed by atoms with Crippen LogP contribution in [0.1, 0.15) is 24.2 Å². The minimum atomic E-state index is -2.50. The van der Waals surface area contributed by atoms with Gasteiger partial charge in [-0.25, -0.2) is 8.78 Å². The van der Waals surface area contributed by atoms with Gasteiger partial charge < -0.3 is 5.11 Å². The Bertz CT molecular complexity index is 354. The summed E-state index contributed by atoms with van der Waals surface area (Å²) in [7, 11) is 0. The molecule has 0 amide bonds. The molecule has 1 atom stereocenters. The number of halogens is 2. The molecule has 1 aliphatic heterocycles. The fourth-order valence-corrected chi connectivity index (χ4v) is 1.88. The highest BCUT2D eigenvalue weighted by atomic mass is 19.3. The van der Waals surface area contributed by atoms with Crippen molar-refractivity contribution in [1.82, 2.24) is 4.90 Å². The molecule has 4 heteroatoms.